The maximum atomic E-state index is 12.6. The van der Waals surface area contributed by atoms with E-state index in [1.807, 2.05) is 0 Å². The highest BCUT2D eigenvalue weighted by molar-refractivity contribution is 7.89. The maximum Gasteiger partial charge on any atom is 0.243 e. The van der Waals surface area contributed by atoms with E-state index >= 15 is 0 Å². The van der Waals surface area contributed by atoms with Crippen molar-refractivity contribution in [2.75, 3.05) is 19.6 Å². The van der Waals surface area contributed by atoms with E-state index in [4.69, 9.17) is 5.73 Å². The van der Waals surface area contributed by atoms with Gasteiger partial charge in [-0.05, 0) is 42.9 Å². The van der Waals surface area contributed by atoms with Crippen molar-refractivity contribution in [2.45, 2.75) is 56.9 Å². The molecule has 1 atom stereocenters. The monoisotopic (exact) mass is 417 g/mol. The first-order valence-corrected chi connectivity index (χ1v) is 10.9. The number of hydrogen-bond donors (Lipinski definition) is 2. The molecule has 1 aromatic rings. The SMILES string of the molecule is CC(C)CC(CN)NC(=O)Cc1ccc(S(=O)(=O)N2CCCCC2)cc1.Cl. The Bertz CT molecular complexity index is 687. The molecule has 0 saturated carbocycles. The molecule has 0 radical (unpaired) electrons. The molecule has 1 aromatic carbocycles. The number of nitrogens with one attached hydrogen (secondary N) is 1. The van der Waals surface area contributed by atoms with Gasteiger partial charge in [-0.2, -0.15) is 4.31 Å². The topological polar surface area (TPSA) is 92.5 Å². The van der Waals surface area contributed by atoms with Gasteiger partial charge in [-0.15, -0.1) is 12.4 Å². The molecule has 8 heteroatoms. The van der Waals surface area contributed by atoms with Gasteiger partial charge in [-0.3, -0.25) is 4.79 Å². The summed E-state index contributed by atoms with van der Waals surface area (Å²) in [4.78, 5) is 12.5. The summed E-state index contributed by atoms with van der Waals surface area (Å²) in [6.45, 7) is 5.77. The largest absolute Gasteiger partial charge is 0.352 e. The highest BCUT2D eigenvalue weighted by atomic mass is 35.5. The Labute approximate surface area is 169 Å². The zero-order valence-electron chi connectivity index (χ0n) is 16.2. The van der Waals surface area contributed by atoms with E-state index in [1.54, 1.807) is 28.6 Å². The lowest BCUT2D eigenvalue weighted by atomic mass is 10.0. The van der Waals surface area contributed by atoms with E-state index in [0.717, 1.165) is 31.2 Å². The van der Waals surface area contributed by atoms with Crippen molar-refractivity contribution in [3.8, 4) is 0 Å². The van der Waals surface area contributed by atoms with Gasteiger partial charge in [0.15, 0.2) is 0 Å². The van der Waals surface area contributed by atoms with Crippen molar-refractivity contribution in [2.24, 2.45) is 11.7 Å². The number of sulfonamides is 1. The van der Waals surface area contributed by atoms with Crippen molar-refractivity contribution in [3.63, 3.8) is 0 Å². The minimum absolute atomic E-state index is 0. The van der Waals surface area contributed by atoms with Crippen LogP contribution in [0.3, 0.4) is 0 Å². The number of rotatable bonds is 8. The fourth-order valence-corrected chi connectivity index (χ4v) is 4.80. The number of hydrogen-bond acceptors (Lipinski definition) is 4. The minimum Gasteiger partial charge on any atom is -0.352 e. The Kier molecular flexibility index (Phi) is 9.73. The van der Waals surface area contributed by atoms with Crippen molar-refractivity contribution in [3.05, 3.63) is 29.8 Å². The number of halogens is 1. The zero-order chi connectivity index (χ0) is 19.2. The standard InChI is InChI=1S/C19H31N3O3S.ClH/c1-15(2)12-17(14-20)21-19(23)13-16-6-8-18(9-7-16)26(24,25)22-10-4-3-5-11-22;/h6-9,15,17H,3-5,10-14,20H2,1-2H3,(H,21,23);1H. The fourth-order valence-electron chi connectivity index (χ4n) is 3.28. The number of nitrogens with two attached hydrogens (primary N) is 1. The summed E-state index contributed by atoms with van der Waals surface area (Å²) in [5.41, 5.74) is 6.51. The van der Waals surface area contributed by atoms with E-state index < -0.39 is 10.0 Å². The molecule has 1 aliphatic heterocycles. The van der Waals surface area contributed by atoms with Gasteiger partial charge in [-0.1, -0.05) is 32.4 Å². The van der Waals surface area contributed by atoms with Crippen LogP contribution in [0.25, 0.3) is 0 Å². The Morgan fingerprint density at radius 2 is 1.74 bits per heavy atom. The molecule has 0 aliphatic carbocycles. The number of amides is 1. The predicted octanol–water partition coefficient (Wildman–Crippen LogP) is 2.32. The molecule has 1 unspecified atom stereocenters. The number of nitrogens with zero attached hydrogens (tertiary/aromatic N) is 1. The van der Waals surface area contributed by atoms with Crippen molar-refractivity contribution >= 4 is 28.3 Å². The molecule has 1 heterocycles. The van der Waals surface area contributed by atoms with Gasteiger partial charge >= 0.3 is 0 Å². The number of piperidine rings is 1. The van der Waals surface area contributed by atoms with E-state index in [-0.39, 0.29) is 30.8 Å². The molecular formula is C19H32ClN3O3S. The molecule has 1 fully saturated rings. The fraction of sp³-hybridized carbons (Fsp3) is 0.632. The first kappa shape index (κ1) is 23.9. The van der Waals surface area contributed by atoms with E-state index in [9.17, 15) is 13.2 Å². The molecule has 0 bridgehead atoms. The lowest BCUT2D eigenvalue weighted by molar-refractivity contribution is -0.121. The summed E-state index contributed by atoms with van der Waals surface area (Å²) < 4.78 is 26.8. The van der Waals surface area contributed by atoms with Crippen LogP contribution in [-0.2, 0) is 21.2 Å². The zero-order valence-corrected chi connectivity index (χ0v) is 17.8. The van der Waals surface area contributed by atoms with Gasteiger partial charge in [0.25, 0.3) is 0 Å². The predicted molar refractivity (Wildman–Crippen MR) is 110 cm³/mol. The van der Waals surface area contributed by atoms with Gasteiger partial charge in [0.05, 0.1) is 11.3 Å². The molecule has 0 aromatic heterocycles. The van der Waals surface area contributed by atoms with Crippen LogP contribution in [0.15, 0.2) is 29.2 Å². The van der Waals surface area contributed by atoms with Crippen LogP contribution in [0, 0.1) is 5.92 Å². The second kappa shape index (κ2) is 11.0. The highest BCUT2D eigenvalue weighted by Gasteiger charge is 2.25. The first-order valence-electron chi connectivity index (χ1n) is 9.41. The summed E-state index contributed by atoms with van der Waals surface area (Å²) in [6.07, 6.45) is 3.97. The van der Waals surface area contributed by atoms with E-state index in [2.05, 4.69) is 19.2 Å². The third-order valence-corrected chi connectivity index (χ3v) is 6.56. The normalized spacial score (nSPS) is 16.6. The molecule has 3 N–H and O–H groups in total. The van der Waals surface area contributed by atoms with Crippen LogP contribution in [0.4, 0.5) is 0 Å². The molecule has 1 amide bonds. The Hall–Kier alpha value is -1.15. The van der Waals surface area contributed by atoms with Crippen LogP contribution in [-0.4, -0.2) is 44.3 Å². The van der Waals surface area contributed by atoms with E-state index in [0.29, 0.717) is 30.4 Å². The second-order valence-electron chi connectivity index (χ2n) is 7.42. The van der Waals surface area contributed by atoms with Crippen LogP contribution >= 0.6 is 12.4 Å². The van der Waals surface area contributed by atoms with E-state index in [1.165, 1.54) is 0 Å². The molecule has 2 rings (SSSR count). The Balaban J connectivity index is 0.00000364. The van der Waals surface area contributed by atoms with Crippen LogP contribution in [0.5, 0.6) is 0 Å². The number of carbonyl (C=O) groups excluding carboxylic acids is 1. The molecular weight excluding hydrogens is 386 g/mol. The van der Waals surface area contributed by atoms with Gasteiger partial charge < -0.3 is 11.1 Å². The summed E-state index contributed by atoms with van der Waals surface area (Å²) in [5.74, 6) is 0.371. The third kappa shape index (κ3) is 7.07. The molecule has 27 heavy (non-hydrogen) atoms. The Morgan fingerprint density at radius 1 is 1.15 bits per heavy atom. The molecule has 154 valence electrons. The van der Waals surface area contributed by atoms with Crippen molar-refractivity contribution in [1.29, 1.82) is 0 Å². The lowest BCUT2D eigenvalue weighted by Gasteiger charge is -2.25. The second-order valence-corrected chi connectivity index (χ2v) is 9.35. The van der Waals surface area contributed by atoms with Gasteiger partial charge in [-0.25, -0.2) is 8.42 Å². The summed E-state index contributed by atoms with van der Waals surface area (Å²) in [5, 5.41) is 2.95. The van der Waals surface area contributed by atoms with Crippen LogP contribution < -0.4 is 11.1 Å². The Morgan fingerprint density at radius 3 is 2.26 bits per heavy atom. The average Bonchev–Trinajstić information content (AvgIpc) is 2.62. The van der Waals surface area contributed by atoms with Gasteiger partial charge in [0.2, 0.25) is 15.9 Å². The van der Waals surface area contributed by atoms with Crippen molar-refractivity contribution < 1.29 is 13.2 Å². The summed E-state index contributed by atoms with van der Waals surface area (Å²) in [6, 6.07) is 6.61. The summed E-state index contributed by atoms with van der Waals surface area (Å²) in [7, 11) is -3.43. The number of benzene rings is 1. The quantitative estimate of drug-likeness (QED) is 0.678. The first-order chi connectivity index (χ1) is 12.3. The molecule has 1 aliphatic rings. The molecule has 6 nitrogen and oxygen atoms in total. The highest BCUT2D eigenvalue weighted by Crippen LogP contribution is 2.21. The van der Waals surface area contributed by atoms with Crippen LogP contribution in [0.2, 0.25) is 0 Å². The minimum atomic E-state index is -3.43. The average molecular weight is 418 g/mol. The smallest absolute Gasteiger partial charge is 0.243 e. The third-order valence-electron chi connectivity index (χ3n) is 4.65. The lowest BCUT2D eigenvalue weighted by Crippen LogP contribution is -2.41. The molecule has 1 saturated heterocycles. The maximum absolute atomic E-state index is 12.6. The number of carbonyl (C=O) groups is 1. The van der Waals surface area contributed by atoms with Gasteiger partial charge in [0, 0.05) is 25.7 Å². The summed E-state index contributed by atoms with van der Waals surface area (Å²) >= 11 is 0. The van der Waals surface area contributed by atoms with Gasteiger partial charge in [0.1, 0.15) is 0 Å². The van der Waals surface area contributed by atoms with Crippen LogP contribution in [0.1, 0.15) is 45.1 Å². The van der Waals surface area contributed by atoms with Crippen molar-refractivity contribution in [1.82, 2.24) is 9.62 Å². The molecule has 0 spiro atoms.